The normalized spacial score (nSPS) is 25.0. The van der Waals surface area contributed by atoms with Crippen LogP contribution in [0.5, 0.6) is 0 Å². The Kier molecular flexibility index (Phi) is 3.47. The molecular weight excluding hydrogens is 216 g/mol. The number of hydrogen-bond donors (Lipinski definition) is 2. The zero-order chi connectivity index (χ0) is 12.4. The average molecular weight is 236 g/mol. The van der Waals surface area contributed by atoms with Gasteiger partial charge in [0.2, 0.25) is 0 Å². The van der Waals surface area contributed by atoms with Gasteiger partial charge in [0.1, 0.15) is 5.69 Å². The van der Waals surface area contributed by atoms with Gasteiger partial charge < -0.3 is 10.2 Å². The van der Waals surface area contributed by atoms with Crippen LogP contribution in [0.15, 0.2) is 6.07 Å². The van der Waals surface area contributed by atoms with E-state index in [1.807, 2.05) is 17.9 Å². The fourth-order valence-corrected chi connectivity index (χ4v) is 2.31. The topological polar surface area (TPSA) is 61.0 Å². The van der Waals surface area contributed by atoms with E-state index in [0.29, 0.717) is 17.8 Å². The van der Waals surface area contributed by atoms with Crippen molar-refractivity contribution in [2.75, 3.05) is 13.1 Å². The Morgan fingerprint density at radius 1 is 1.47 bits per heavy atom. The van der Waals surface area contributed by atoms with Crippen LogP contribution in [-0.4, -0.2) is 46.2 Å². The number of aromatic nitrogens is 2. The highest BCUT2D eigenvalue weighted by Crippen LogP contribution is 2.10. The highest BCUT2D eigenvalue weighted by molar-refractivity contribution is 5.92. The minimum atomic E-state index is 0.0288. The van der Waals surface area contributed by atoms with Crippen molar-refractivity contribution in [1.82, 2.24) is 20.4 Å². The molecule has 2 heterocycles. The van der Waals surface area contributed by atoms with E-state index < -0.39 is 0 Å². The predicted octanol–water partition coefficient (Wildman–Crippen LogP) is 0.794. The van der Waals surface area contributed by atoms with Crippen molar-refractivity contribution in [3.8, 4) is 0 Å². The van der Waals surface area contributed by atoms with Gasteiger partial charge in [0.05, 0.1) is 0 Å². The van der Waals surface area contributed by atoms with Crippen LogP contribution in [0.2, 0.25) is 0 Å². The lowest BCUT2D eigenvalue weighted by atomic mass is 10.1. The molecule has 1 amide bonds. The number of rotatable bonds is 2. The number of aromatic amines is 1. The summed E-state index contributed by atoms with van der Waals surface area (Å²) >= 11 is 0. The van der Waals surface area contributed by atoms with Gasteiger partial charge in [0, 0.05) is 30.9 Å². The van der Waals surface area contributed by atoms with Gasteiger partial charge in [-0.25, -0.2) is 0 Å². The SMILES string of the molecule is CCc1cc(C(=O)N2CC(C)NC(C)C2)n[nH]1. The number of piperazine rings is 1. The first kappa shape index (κ1) is 12.1. The summed E-state index contributed by atoms with van der Waals surface area (Å²) in [6.07, 6.45) is 0.870. The Labute approximate surface area is 102 Å². The molecule has 0 spiro atoms. The van der Waals surface area contributed by atoms with Crippen LogP contribution in [0.3, 0.4) is 0 Å². The molecule has 1 aliphatic heterocycles. The molecule has 1 fully saturated rings. The van der Waals surface area contributed by atoms with Crippen molar-refractivity contribution in [2.45, 2.75) is 39.3 Å². The quantitative estimate of drug-likeness (QED) is 0.798. The molecule has 0 bridgehead atoms. The van der Waals surface area contributed by atoms with Crippen LogP contribution in [-0.2, 0) is 6.42 Å². The van der Waals surface area contributed by atoms with Gasteiger partial charge in [-0.05, 0) is 26.3 Å². The Bertz CT molecular complexity index is 391. The number of hydrogen-bond acceptors (Lipinski definition) is 3. The summed E-state index contributed by atoms with van der Waals surface area (Å²) in [5.41, 5.74) is 1.53. The van der Waals surface area contributed by atoms with Gasteiger partial charge in [0.15, 0.2) is 0 Å². The van der Waals surface area contributed by atoms with Crippen LogP contribution in [0.1, 0.15) is 37.0 Å². The van der Waals surface area contributed by atoms with Gasteiger partial charge in [-0.2, -0.15) is 5.10 Å². The zero-order valence-corrected chi connectivity index (χ0v) is 10.7. The van der Waals surface area contributed by atoms with Crippen LogP contribution in [0.4, 0.5) is 0 Å². The maximum Gasteiger partial charge on any atom is 0.274 e. The highest BCUT2D eigenvalue weighted by atomic mass is 16.2. The maximum atomic E-state index is 12.2. The van der Waals surface area contributed by atoms with E-state index in [4.69, 9.17) is 0 Å². The number of aryl methyl sites for hydroxylation is 1. The minimum absolute atomic E-state index is 0.0288. The molecule has 1 saturated heterocycles. The lowest BCUT2D eigenvalue weighted by Crippen LogP contribution is -2.55. The third-order valence-corrected chi connectivity index (χ3v) is 3.08. The standard InChI is InChI=1S/C12H20N4O/c1-4-10-5-11(15-14-10)12(17)16-6-8(2)13-9(3)7-16/h5,8-9,13H,4,6-7H2,1-3H3,(H,14,15). The molecule has 5 nitrogen and oxygen atoms in total. The first-order valence-corrected chi connectivity index (χ1v) is 6.19. The summed E-state index contributed by atoms with van der Waals surface area (Å²) in [6, 6.07) is 2.53. The molecule has 1 aliphatic rings. The van der Waals surface area contributed by atoms with E-state index in [0.717, 1.165) is 25.2 Å². The fourth-order valence-electron chi connectivity index (χ4n) is 2.31. The largest absolute Gasteiger partial charge is 0.334 e. The Morgan fingerprint density at radius 3 is 2.65 bits per heavy atom. The molecule has 0 saturated carbocycles. The van der Waals surface area contributed by atoms with Crippen LogP contribution >= 0.6 is 0 Å². The first-order valence-electron chi connectivity index (χ1n) is 6.19. The van der Waals surface area contributed by atoms with Crippen molar-refractivity contribution in [3.05, 3.63) is 17.5 Å². The summed E-state index contributed by atoms with van der Waals surface area (Å²) in [7, 11) is 0. The Morgan fingerprint density at radius 2 is 2.12 bits per heavy atom. The molecule has 94 valence electrons. The number of H-pyrrole nitrogens is 1. The van der Waals surface area contributed by atoms with Crippen molar-refractivity contribution in [2.24, 2.45) is 0 Å². The van der Waals surface area contributed by atoms with Crippen LogP contribution in [0, 0.1) is 0 Å². The highest BCUT2D eigenvalue weighted by Gasteiger charge is 2.26. The molecule has 2 atom stereocenters. The van der Waals surface area contributed by atoms with E-state index in [-0.39, 0.29) is 5.91 Å². The lowest BCUT2D eigenvalue weighted by Gasteiger charge is -2.35. The average Bonchev–Trinajstić information content (AvgIpc) is 2.75. The van der Waals surface area contributed by atoms with E-state index in [1.54, 1.807) is 0 Å². The van der Waals surface area contributed by atoms with E-state index in [1.165, 1.54) is 0 Å². The molecule has 1 aromatic heterocycles. The number of nitrogens with zero attached hydrogens (tertiary/aromatic N) is 2. The Hall–Kier alpha value is -1.36. The summed E-state index contributed by atoms with van der Waals surface area (Å²) in [6.45, 7) is 7.72. The second-order valence-electron chi connectivity index (χ2n) is 4.81. The number of nitrogens with one attached hydrogen (secondary N) is 2. The van der Waals surface area contributed by atoms with Gasteiger partial charge in [-0.15, -0.1) is 0 Å². The zero-order valence-electron chi connectivity index (χ0n) is 10.7. The molecule has 0 radical (unpaired) electrons. The molecule has 5 heteroatoms. The second kappa shape index (κ2) is 4.87. The third-order valence-electron chi connectivity index (χ3n) is 3.08. The molecule has 1 aromatic rings. The van der Waals surface area contributed by atoms with Gasteiger partial charge in [-0.3, -0.25) is 9.89 Å². The van der Waals surface area contributed by atoms with Crippen molar-refractivity contribution in [3.63, 3.8) is 0 Å². The lowest BCUT2D eigenvalue weighted by molar-refractivity contribution is 0.0668. The second-order valence-corrected chi connectivity index (χ2v) is 4.81. The molecule has 17 heavy (non-hydrogen) atoms. The number of carbonyl (C=O) groups excluding carboxylic acids is 1. The number of carbonyl (C=O) groups is 1. The molecule has 2 unspecified atom stereocenters. The summed E-state index contributed by atoms with van der Waals surface area (Å²) in [4.78, 5) is 14.1. The van der Waals surface area contributed by atoms with E-state index in [2.05, 4.69) is 29.4 Å². The van der Waals surface area contributed by atoms with E-state index in [9.17, 15) is 4.79 Å². The summed E-state index contributed by atoms with van der Waals surface area (Å²) in [5.74, 6) is 0.0288. The fraction of sp³-hybridized carbons (Fsp3) is 0.667. The molecule has 2 N–H and O–H groups in total. The minimum Gasteiger partial charge on any atom is -0.334 e. The van der Waals surface area contributed by atoms with Gasteiger partial charge in [-0.1, -0.05) is 6.92 Å². The van der Waals surface area contributed by atoms with Crippen LogP contribution in [0.25, 0.3) is 0 Å². The third kappa shape index (κ3) is 2.66. The summed E-state index contributed by atoms with van der Waals surface area (Å²) in [5, 5.41) is 10.4. The Balaban J connectivity index is 2.08. The predicted molar refractivity (Wildman–Crippen MR) is 65.9 cm³/mol. The van der Waals surface area contributed by atoms with Gasteiger partial charge >= 0.3 is 0 Å². The summed E-state index contributed by atoms with van der Waals surface area (Å²) < 4.78 is 0. The van der Waals surface area contributed by atoms with Crippen molar-refractivity contribution >= 4 is 5.91 Å². The molecule has 0 aromatic carbocycles. The molecule has 0 aliphatic carbocycles. The first-order chi connectivity index (χ1) is 8.10. The monoisotopic (exact) mass is 236 g/mol. The maximum absolute atomic E-state index is 12.2. The van der Waals surface area contributed by atoms with Crippen molar-refractivity contribution < 1.29 is 4.79 Å². The molecule has 2 rings (SSSR count). The van der Waals surface area contributed by atoms with Gasteiger partial charge in [0.25, 0.3) is 5.91 Å². The van der Waals surface area contributed by atoms with Crippen LogP contribution < -0.4 is 5.32 Å². The van der Waals surface area contributed by atoms with E-state index >= 15 is 0 Å². The molecular formula is C12H20N4O. The smallest absolute Gasteiger partial charge is 0.274 e. The van der Waals surface area contributed by atoms with Crippen molar-refractivity contribution in [1.29, 1.82) is 0 Å². The number of amides is 1.